The van der Waals surface area contributed by atoms with Crippen LogP contribution in [0.15, 0.2) is 47.1 Å². The third-order valence-corrected chi connectivity index (χ3v) is 2.91. The molecule has 0 aliphatic heterocycles. The summed E-state index contributed by atoms with van der Waals surface area (Å²) in [6.07, 6.45) is 2.02. The number of amides is 1. The second-order valence-electron chi connectivity index (χ2n) is 4.08. The van der Waals surface area contributed by atoms with Crippen LogP contribution in [0.2, 0.25) is 0 Å². The van der Waals surface area contributed by atoms with Gasteiger partial charge in [0, 0.05) is 10.7 Å². The third kappa shape index (κ3) is 3.67. The first kappa shape index (κ1) is 12.8. The maximum Gasteiger partial charge on any atom is 0.229 e. The Balaban J connectivity index is 1.98. The molecular formula is C14H13BrN2O. The highest BCUT2D eigenvalue weighted by Gasteiger charge is 2.04. The van der Waals surface area contributed by atoms with Gasteiger partial charge in [-0.25, -0.2) is 4.98 Å². The van der Waals surface area contributed by atoms with Gasteiger partial charge >= 0.3 is 0 Å². The average Bonchev–Trinajstić information content (AvgIpc) is 2.32. The van der Waals surface area contributed by atoms with Crippen LogP contribution in [0.4, 0.5) is 5.82 Å². The highest BCUT2D eigenvalue weighted by molar-refractivity contribution is 9.10. The number of benzene rings is 1. The van der Waals surface area contributed by atoms with Gasteiger partial charge in [-0.05, 0) is 40.5 Å². The maximum atomic E-state index is 11.8. The zero-order valence-corrected chi connectivity index (χ0v) is 11.6. The summed E-state index contributed by atoms with van der Waals surface area (Å²) in [5.74, 6) is 0.506. The van der Waals surface area contributed by atoms with Crippen molar-refractivity contribution in [2.75, 3.05) is 5.32 Å². The predicted molar refractivity (Wildman–Crippen MR) is 75.4 cm³/mol. The minimum Gasteiger partial charge on any atom is -0.310 e. The molecule has 1 aromatic carbocycles. The molecule has 1 N–H and O–H groups in total. The second-order valence-corrected chi connectivity index (χ2v) is 4.99. The first-order valence-electron chi connectivity index (χ1n) is 5.60. The lowest BCUT2D eigenvalue weighted by Gasteiger charge is -2.05. The molecule has 0 aliphatic rings. The lowest BCUT2D eigenvalue weighted by atomic mass is 10.1. The van der Waals surface area contributed by atoms with E-state index >= 15 is 0 Å². The number of anilines is 1. The van der Waals surface area contributed by atoms with Crippen LogP contribution in [0.1, 0.15) is 11.1 Å². The Morgan fingerprint density at radius 2 is 2.17 bits per heavy atom. The zero-order chi connectivity index (χ0) is 13.0. The molecule has 0 atom stereocenters. The number of carbonyl (C=O) groups excluding carboxylic acids is 1. The van der Waals surface area contributed by atoms with E-state index in [-0.39, 0.29) is 5.91 Å². The molecule has 3 nitrogen and oxygen atoms in total. The smallest absolute Gasteiger partial charge is 0.229 e. The molecule has 0 bridgehead atoms. The Labute approximate surface area is 114 Å². The minimum absolute atomic E-state index is 0.0598. The van der Waals surface area contributed by atoms with Crippen LogP contribution in [-0.4, -0.2) is 10.9 Å². The predicted octanol–water partition coefficient (Wildman–Crippen LogP) is 3.33. The fourth-order valence-corrected chi connectivity index (χ4v) is 1.88. The van der Waals surface area contributed by atoms with E-state index in [0.29, 0.717) is 12.2 Å². The van der Waals surface area contributed by atoms with Crippen LogP contribution in [-0.2, 0) is 11.2 Å². The van der Waals surface area contributed by atoms with E-state index in [1.54, 1.807) is 12.3 Å². The zero-order valence-electron chi connectivity index (χ0n) is 9.98. The lowest BCUT2D eigenvalue weighted by molar-refractivity contribution is -0.115. The average molecular weight is 305 g/mol. The van der Waals surface area contributed by atoms with Crippen LogP contribution in [0.25, 0.3) is 0 Å². The quantitative estimate of drug-likeness (QED) is 0.945. The van der Waals surface area contributed by atoms with Crippen molar-refractivity contribution < 1.29 is 4.79 Å². The van der Waals surface area contributed by atoms with Gasteiger partial charge in [0.1, 0.15) is 5.82 Å². The van der Waals surface area contributed by atoms with Crippen molar-refractivity contribution in [3.63, 3.8) is 0 Å². The topological polar surface area (TPSA) is 42.0 Å². The van der Waals surface area contributed by atoms with E-state index in [9.17, 15) is 4.79 Å². The molecule has 0 fully saturated rings. The molecule has 4 heteroatoms. The van der Waals surface area contributed by atoms with Crippen molar-refractivity contribution in [1.29, 1.82) is 0 Å². The number of rotatable bonds is 3. The number of hydrogen-bond acceptors (Lipinski definition) is 2. The van der Waals surface area contributed by atoms with Gasteiger partial charge in [0.05, 0.1) is 6.42 Å². The number of hydrogen-bond donors (Lipinski definition) is 1. The van der Waals surface area contributed by atoms with Gasteiger partial charge < -0.3 is 5.32 Å². The summed E-state index contributed by atoms with van der Waals surface area (Å²) < 4.78 is 0.888. The Bertz CT molecular complexity index is 552. The van der Waals surface area contributed by atoms with E-state index in [0.717, 1.165) is 15.6 Å². The third-order valence-electron chi connectivity index (χ3n) is 2.44. The molecule has 92 valence electrons. The number of nitrogens with zero attached hydrogens (tertiary/aromatic N) is 1. The molecule has 2 rings (SSSR count). The normalized spacial score (nSPS) is 10.1. The van der Waals surface area contributed by atoms with Crippen molar-refractivity contribution in [3.8, 4) is 0 Å². The molecule has 0 saturated heterocycles. The molecule has 1 amide bonds. The molecular weight excluding hydrogens is 292 g/mol. The molecule has 1 heterocycles. The lowest BCUT2D eigenvalue weighted by Crippen LogP contribution is -2.15. The summed E-state index contributed by atoms with van der Waals surface area (Å²) in [7, 11) is 0. The van der Waals surface area contributed by atoms with Gasteiger partial charge in [-0.2, -0.15) is 0 Å². The summed E-state index contributed by atoms with van der Waals surface area (Å²) in [4.78, 5) is 15.9. The van der Waals surface area contributed by atoms with E-state index < -0.39 is 0 Å². The molecule has 0 spiro atoms. The Kier molecular flexibility index (Phi) is 4.10. The molecule has 1 aromatic heterocycles. The maximum absolute atomic E-state index is 11.8. The SMILES string of the molecule is Cc1cccc(CC(=O)Nc2ccc(Br)cn2)c1. The standard InChI is InChI=1S/C14H13BrN2O/c1-10-3-2-4-11(7-10)8-14(18)17-13-6-5-12(15)9-16-13/h2-7,9H,8H2,1H3,(H,16,17,18). The molecule has 0 unspecified atom stereocenters. The Morgan fingerprint density at radius 3 is 2.83 bits per heavy atom. The van der Waals surface area contributed by atoms with E-state index in [2.05, 4.69) is 26.2 Å². The summed E-state index contributed by atoms with van der Waals surface area (Å²) in [5.41, 5.74) is 2.16. The summed E-state index contributed by atoms with van der Waals surface area (Å²) in [5, 5.41) is 2.77. The summed E-state index contributed by atoms with van der Waals surface area (Å²) in [6.45, 7) is 2.01. The molecule has 0 radical (unpaired) electrons. The van der Waals surface area contributed by atoms with E-state index in [1.807, 2.05) is 37.3 Å². The van der Waals surface area contributed by atoms with Crippen LogP contribution in [0.3, 0.4) is 0 Å². The van der Waals surface area contributed by atoms with Crippen LogP contribution in [0.5, 0.6) is 0 Å². The van der Waals surface area contributed by atoms with Crippen molar-refractivity contribution in [3.05, 3.63) is 58.2 Å². The molecule has 18 heavy (non-hydrogen) atoms. The first-order chi connectivity index (χ1) is 8.63. The molecule has 0 saturated carbocycles. The van der Waals surface area contributed by atoms with E-state index in [4.69, 9.17) is 0 Å². The number of aryl methyl sites for hydroxylation is 1. The van der Waals surface area contributed by atoms with Gasteiger partial charge in [-0.1, -0.05) is 29.8 Å². The van der Waals surface area contributed by atoms with Gasteiger partial charge in [0.25, 0.3) is 0 Å². The summed E-state index contributed by atoms with van der Waals surface area (Å²) in [6, 6.07) is 11.5. The van der Waals surface area contributed by atoms with Gasteiger partial charge in [-0.15, -0.1) is 0 Å². The van der Waals surface area contributed by atoms with Gasteiger partial charge in [0.2, 0.25) is 5.91 Å². The van der Waals surface area contributed by atoms with Crippen LogP contribution in [0, 0.1) is 6.92 Å². The van der Waals surface area contributed by atoms with Crippen LogP contribution < -0.4 is 5.32 Å². The highest BCUT2D eigenvalue weighted by atomic mass is 79.9. The first-order valence-corrected chi connectivity index (χ1v) is 6.40. The Hall–Kier alpha value is -1.68. The molecule has 2 aromatic rings. The largest absolute Gasteiger partial charge is 0.310 e. The Morgan fingerprint density at radius 1 is 1.33 bits per heavy atom. The monoisotopic (exact) mass is 304 g/mol. The number of carbonyl (C=O) groups is 1. The fourth-order valence-electron chi connectivity index (χ4n) is 1.64. The van der Waals surface area contributed by atoms with Crippen LogP contribution >= 0.6 is 15.9 Å². The second kappa shape index (κ2) is 5.78. The van der Waals surface area contributed by atoms with Crippen molar-refractivity contribution in [1.82, 2.24) is 4.98 Å². The van der Waals surface area contributed by atoms with Crippen molar-refractivity contribution >= 4 is 27.7 Å². The number of pyridine rings is 1. The highest BCUT2D eigenvalue weighted by Crippen LogP contribution is 2.11. The summed E-state index contributed by atoms with van der Waals surface area (Å²) >= 11 is 3.30. The van der Waals surface area contributed by atoms with Crippen molar-refractivity contribution in [2.45, 2.75) is 13.3 Å². The van der Waals surface area contributed by atoms with Gasteiger partial charge in [-0.3, -0.25) is 4.79 Å². The fraction of sp³-hybridized carbons (Fsp3) is 0.143. The minimum atomic E-state index is -0.0598. The number of halogens is 1. The van der Waals surface area contributed by atoms with E-state index in [1.165, 1.54) is 0 Å². The van der Waals surface area contributed by atoms with Gasteiger partial charge in [0.15, 0.2) is 0 Å². The molecule has 0 aliphatic carbocycles. The number of aromatic nitrogens is 1. The van der Waals surface area contributed by atoms with Crippen molar-refractivity contribution in [2.24, 2.45) is 0 Å². The number of nitrogens with one attached hydrogen (secondary N) is 1.